The van der Waals surface area contributed by atoms with E-state index < -0.39 is 6.04 Å². The Bertz CT molecular complexity index is 312. The van der Waals surface area contributed by atoms with Crippen molar-refractivity contribution in [3.63, 3.8) is 0 Å². The van der Waals surface area contributed by atoms with E-state index in [0.717, 1.165) is 19.4 Å². The Labute approximate surface area is 123 Å². The van der Waals surface area contributed by atoms with Crippen molar-refractivity contribution < 1.29 is 9.53 Å². The Morgan fingerprint density at radius 3 is 2.45 bits per heavy atom. The smallest absolute Gasteiger partial charge is 0.237 e. The van der Waals surface area contributed by atoms with Crippen molar-refractivity contribution >= 4 is 5.91 Å². The minimum atomic E-state index is -0.420. The third kappa shape index (κ3) is 5.04. The number of rotatable bonds is 6. The van der Waals surface area contributed by atoms with Crippen molar-refractivity contribution in [3.05, 3.63) is 0 Å². The van der Waals surface area contributed by atoms with Gasteiger partial charge in [0.15, 0.2) is 0 Å². The van der Waals surface area contributed by atoms with Gasteiger partial charge in [-0.2, -0.15) is 0 Å². The third-order valence-corrected chi connectivity index (χ3v) is 4.33. The normalized spacial score (nSPS) is 20.8. The maximum atomic E-state index is 12.3. The highest BCUT2D eigenvalue weighted by molar-refractivity contribution is 5.82. The fraction of sp³-hybridized carbons (Fsp3) is 0.933. The van der Waals surface area contributed by atoms with Gasteiger partial charge in [0.25, 0.3) is 0 Å². The maximum absolute atomic E-state index is 12.3. The van der Waals surface area contributed by atoms with Crippen LogP contribution >= 0.6 is 0 Å². The molecular weight excluding hydrogens is 254 g/mol. The molecule has 3 N–H and O–H groups in total. The first-order valence-corrected chi connectivity index (χ1v) is 7.52. The summed E-state index contributed by atoms with van der Waals surface area (Å²) in [7, 11) is 4.09. The lowest BCUT2D eigenvalue weighted by atomic mass is 9.84. The summed E-state index contributed by atoms with van der Waals surface area (Å²) in [5.41, 5.74) is 6.12. The highest BCUT2D eigenvalue weighted by atomic mass is 16.5. The van der Waals surface area contributed by atoms with Crippen LogP contribution in [0.3, 0.4) is 0 Å². The monoisotopic (exact) mass is 285 g/mol. The Morgan fingerprint density at radius 1 is 1.40 bits per heavy atom. The molecule has 0 saturated carbocycles. The topological polar surface area (TPSA) is 67.6 Å². The molecule has 1 rings (SSSR count). The van der Waals surface area contributed by atoms with Crippen LogP contribution in [-0.2, 0) is 9.53 Å². The molecule has 0 aliphatic carbocycles. The summed E-state index contributed by atoms with van der Waals surface area (Å²) < 4.78 is 5.32. The predicted octanol–water partition coefficient (Wildman–Crippen LogP) is 0.833. The van der Waals surface area contributed by atoms with Crippen LogP contribution in [0.15, 0.2) is 0 Å². The molecule has 2 atom stereocenters. The van der Waals surface area contributed by atoms with Crippen LogP contribution < -0.4 is 11.1 Å². The van der Waals surface area contributed by atoms with E-state index in [1.165, 1.54) is 0 Å². The largest absolute Gasteiger partial charge is 0.381 e. The second-order valence-corrected chi connectivity index (χ2v) is 6.93. The molecule has 118 valence electrons. The summed E-state index contributed by atoms with van der Waals surface area (Å²) in [6.45, 7) is 8.73. The molecule has 0 radical (unpaired) electrons. The molecule has 2 unspecified atom stereocenters. The Balaban J connectivity index is 2.51. The van der Waals surface area contributed by atoms with Crippen LogP contribution in [0.1, 0.15) is 33.6 Å². The van der Waals surface area contributed by atoms with Gasteiger partial charge in [0.2, 0.25) is 5.91 Å². The van der Waals surface area contributed by atoms with Crippen LogP contribution in [0.2, 0.25) is 0 Å². The van der Waals surface area contributed by atoms with Gasteiger partial charge in [-0.25, -0.2) is 0 Å². The summed E-state index contributed by atoms with van der Waals surface area (Å²) in [5.74, 6) is 0.212. The van der Waals surface area contributed by atoms with E-state index in [0.29, 0.717) is 13.2 Å². The number of carbonyl (C=O) groups is 1. The standard InChI is InChI=1S/C15H31N3O2/c1-11(15(2,3)10-18(4)5)17-14(19)13(16)12-6-8-20-9-7-12/h11-13H,6-10,16H2,1-5H3,(H,17,19). The molecule has 1 amide bonds. The van der Waals surface area contributed by atoms with Crippen LogP contribution in [0, 0.1) is 11.3 Å². The van der Waals surface area contributed by atoms with Crippen molar-refractivity contribution in [3.8, 4) is 0 Å². The van der Waals surface area contributed by atoms with Gasteiger partial charge in [-0.15, -0.1) is 0 Å². The van der Waals surface area contributed by atoms with Gasteiger partial charge in [-0.05, 0) is 45.2 Å². The fourth-order valence-electron chi connectivity index (χ4n) is 2.75. The number of ether oxygens (including phenoxy) is 1. The van der Waals surface area contributed by atoms with Crippen LogP contribution in [0.4, 0.5) is 0 Å². The SMILES string of the molecule is CC(NC(=O)C(N)C1CCOCC1)C(C)(C)CN(C)C. The fourth-order valence-corrected chi connectivity index (χ4v) is 2.75. The molecule has 5 nitrogen and oxygen atoms in total. The van der Waals surface area contributed by atoms with Gasteiger partial charge in [0, 0.05) is 25.8 Å². The van der Waals surface area contributed by atoms with Crippen molar-refractivity contribution in [1.29, 1.82) is 0 Å². The molecule has 20 heavy (non-hydrogen) atoms. The van der Waals surface area contributed by atoms with Crippen LogP contribution in [-0.4, -0.2) is 56.7 Å². The van der Waals surface area contributed by atoms with Gasteiger partial charge >= 0.3 is 0 Å². The lowest BCUT2D eigenvalue weighted by Crippen LogP contribution is -2.54. The van der Waals surface area contributed by atoms with E-state index in [2.05, 4.69) is 31.0 Å². The summed E-state index contributed by atoms with van der Waals surface area (Å²) in [5, 5.41) is 3.09. The Kier molecular flexibility index (Phi) is 6.43. The number of amides is 1. The second kappa shape index (κ2) is 7.38. The zero-order valence-electron chi connectivity index (χ0n) is 13.6. The van der Waals surface area contributed by atoms with Crippen molar-refractivity contribution in [2.24, 2.45) is 17.1 Å². The quantitative estimate of drug-likeness (QED) is 0.758. The lowest BCUT2D eigenvalue weighted by Gasteiger charge is -2.36. The average Bonchev–Trinajstić information content (AvgIpc) is 2.37. The van der Waals surface area contributed by atoms with Crippen molar-refractivity contribution in [2.75, 3.05) is 33.9 Å². The molecule has 1 saturated heterocycles. The molecule has 1 aliphatic heterocycles. The maximum Gasteiger partial charge on any atom is 0.237 e. The number of nitrogens with zero attached hydrogens (tertiary/aromatic N) is 1. The van der Waals surface area contributed by atoms with E-state index >= 15 is 0 Å². The molecule has 0 bridgehead atoms. The molecule has 1 fully saturated rings. The number of carbonyl (C=O) groups excluding carboxylic acids is 1. The number of nitrogens with two attached hydrogens (primary N) is 1. The first-order valence-electron chi connectivity index (χ1n) is 7.52. The molecule has 1 aliphatic rings. The van der Waals surface area contributed by atoms with Gasteiger partial charge in [0.1, 0.15) is 0 Å². The zero-order valence-corrected chi connectivity index (χ0v) is 13.6. The molecule has 1 heterocycles. The van der Waals surface area contributed by atoms with Crippen LogP contribution in [0.25, 0.3) is 0 Å². The summed E-state index contributed by atoms with van der Waals surface area (Å²) >= 11 is 0. The predicted molar refractivity (Wildman–Crippen MR) is 81.5 cm³/mol. The Hall–Kier alpha value is -0.650. The molecule has 0 spiro atoms. The average molecular weight is 285 g/mol. The highest BCUT2D eigenvalue weighted by Crippen LogP contribution is 2.22. The minimum absolute atomic E-state index is 0.00849. The van der Waals surface area contributed by atoms with Gasteiger partial charge < -0.3 is 20.7 Å². The Morgan fingerprint density at radius 2 is 1.95 bits per heavy atom. The van der Waals surface area contributed by atoms with E-state index in [4.69, 9.17) is 10.5 Å². The molecular formula is C15H31N3O2. The number of nitrogens with one attached hydrogen (secondary N) is 1. The summed E-state index contributed by atoms with van der Waals surface area (Å²) in [6, 6.07) is -0.334. The van der Waals surface area contributed by atoms with E-state index in [9.17, 15) is 4.79 Å². The molecule has 0 aromatic rings. The zero-order chi connectivity index (χ0) is 15.3. The second-order valence-electron chi connectivity index (χ2n) is 6.93. The van der Waals surface area contributed by atoms with Gasteiger partial charge in [0.05, 0.1) is 6.04 Å². The van der Waals surface area contributed by atoms with Crippen molar-refractivity contribution in [2.45, 2.75) is 45.7 Å². The first-order chi connectivity index (χ1) is 9.24. The van der Waals surface area contributed by atoms with Gasteiger partial charge in [-0.3, -0.25) is 4.79 Å². The lowest BCUT2D eigenvalue weighted by molar-refractivity contribution is -0.125. The van der Waals surface area contributed by atoms with Crippen molar-refractivity contribution in [1.82, 2.24) is 10.2 Å². The molecule has 5 heteroatoms. The van der Waals surface area contributed by atoms with Crippen LogP contribution in [0.5, 0.6) is 0 Å². The molecule has 0 aromatic carbocycles. The van der Waals surface area contributed by atoms with E-state index in [1.807, 2.05) is 14.1 Å². The van der Waals surface area contributed by atoms with E-state index in [-0.39, 0.29) is 23.3 Å². The summed E-state index contributed by atoms with van der Waals surface area (Å²) in [6.07, 6.45) is 1.76. The molecule has 0 aromatic heterocycles. The number of hydrogen-bond donors (Lipinski definition) is 2. The number of hydrogen-bond acceptors (Lipinski definition) is 4. The highest BCUT2D eigenvalue weighted by Gasteiger charge is 2.32. The third-order valence-electron chi connectivity index (χ3n) is 4.33. The summed E-state index contributed by atoms with van der Waals surface area (Å²) in [4.78, 5) is 14.4. The first kappa shape index (κ1) is 17.4. The minimum Gasteiger partial charge on any atom is -0.381 e. The van der Waals surface area contributed by atoms with Gasteiger partial charge in [-0.1, -0.05) is 13.8 Å². The van der Waals surface area contributed by atoms with E-state index in [1.54, 1.807) is 0 Å².